The van der Waals surface area contributed by atoms with Gasteiger partial charge in [0.2, 0.25) is 11.8 Å². The van der Waals surface area contributed by atoms with Crippen LogP contribution < -0.4 is 0 Å². The summed E-state index contributed by atoms with van der Waals surface area (Å²) in [7, 11) is 0. The number of fused-ring (bicyclic) bond motifs is 1. The van der Waals surface area contributed by atoms with Crippen LogP contribution in [0.25, 0.3) is 0 Å². The zero-order chi connectivity index (χ0) is 13.0. The molecule has 94 valence electrons. The van der Waals surface area contributed by atoms with Gasteiger partial charge in [-0.3, -0.25) is 19.3 Å². The molecule has 2 aliphatic rings. The third kappa shape index (κ3) is 1.77. The smallest absolute Gasteiger partial charge is 0.233 e. The van der Waals surface area contributed by atoms with Crippen molar-refractivity contribution in [2.75, 3.05) is 6.54 Å². The van der Waals surface area contributed by atoms with Crippen molar-refractivity contribution < 1.29 is 14.4 Å². The van der Waals surface area contributed by atoms with Crippen molar-refractivity contribution in [3.63, 3.8) is 0 Å². The molecular weight excluding hydrogens is 297 g/mol. The molecule has 0 bridgehead atoms. The highest BCUT2D eigenvalue weighted by molar-refractivity contribution is 7.20. The molecule has 3 rings (SSSR count). The summed E-state index contributed by atoms with van der Waals surface area (Å²) in [6, 6.07) is 1.46. The molecule has 0 radical (unpaired) electrons. The van der Waals surface area contributed by atoms with Crippen molar-refractivity contribution >= 4 is 52.1 Å². The van der Waals surface area contributed by atoms with E-state index in [2.05, 4.69) is 0 Å². The summed E-state index contributed by atoms with van der Waals surface area (Å²) in [6.07, 6.45) is 0.632. The fraction of sp³-hybridized carbons (Fsp3) is 0.364. The largest absolute Gasteiger partial charge is 0.292 e. The Morgan fingerprint density at radius 1 is 1.33 bits per heavy atom. The number of nitrogens with zero attached hydrogens (tertiary/aromatic N) is 1. The quantitative estimate of drug-likeness (QED) is 0.635. The second-order valence-electron chi connectivity index (χ2n) is 4.37. The van der Waals surface area contributed by atoms with Crippen LogP contribution in [0.15, 0.2) is 6.07 Å². The van der Waals surface area contributed by atoms with Crippen molar-refractivity contribution in [3.8, 4) is 0 Å². The Labute approximate surface area is 116 Å². The second kappa shape index (κ2) is 4.05. The predicted octanol–water partition coefficient (Wildman–Crippen LogP) is 2.24. The number of ketones is 1. The Hall–Kier alpha value is -0.910. The lowest BCUT2D eigenvalue weighted by Gasteiger charge is -2.14. The molecular formula is C11H7Cl2NO3S. The normalized spacial score (nSPS) is 25.6. The number of rotatable bonds is 3. The van der Waals surface area contributed by atoms with Crippen molar-refractivity contribution in [3.05, 3.63) is 20.3 Å². The molecule has 2 unspecified atom stereocenters. The van der Waals surface area contributed by atoms with Crippen molar-refractivity contribution in [2.45, 2.75) is 6.42 Å². The highest BCUT2D eigenvalue weighted by atomic mass is 35.5. The van der Waals surface area contributed by atoms with Gasteiger partial charge in [0.1, 0.15) is 4.34 Å². The summed E-state index contributed by atoms with van der Waals surface area (Å²) in [5, 5.41) is 0. The minimum atomic E-state index is -0.355. The van der Waals surface area contributed by atoms with Crippen LogP contribution in [0.1, 0.15) is 16.8 Å². The Morgan fingerprint density at radius 2 is 1.94 bits per heavy atom. The zero-order valence-electron chi connectivity index (χ0n) is 8.98. The van der Waals surface area contributed by atoms with Gasteiger partial charge in [-0.05, 0) is 12.5 Å². The number of amides is 2. The van der Waals surface area contributed by atoms with Crippen LogP contribution in [0, 0.1) is 11.8 Å². The second-order valence-corrected chi connectivity index (χ2v) is 6.66. The number of hydrogen-bond donors (Lipinski definition) is 0. The number of imide groups is 1. The maximum Gasteiger partial charge on any atom is 0.233 e. The van der Waals surface area contributed by atoms with Gasteiger partial charge in [-0.2, -0.15) is 0 Å². The fourth-order valence-corrected chi connectivity index (χ4v) is 3.66. The topological polar surface area (TPSA) is 54.5 Å². The van der Waals surface area contributed by atoms with E-state index in [-0.39, 0.29) is 45.9 Å². The monoisotopic (exact) mass is 303 g/mol. The zero-order valence-corrected chi connectivity index (χ0v) is 11.3. The number of piperidine rings is 1. The lowest BCUT2D eigenvalue weighted by Crippen LogP contribution is -2.37. The summed E-state index contributed by atoms with van der Waals surface area (Å²) >= 11 is 12.7. The first-order valence-corrected chi connectivity index (χ1v) is 6.89. The lowest BCUT2D eigenvalue weighted by molar-refractivity contribution is -0.140. The summed E-state index contributed by atoms with van der Waals surface area (Å²) in [5.41, 5.74) is 0.271. The molecule has 0 spiro atoms. The van der Waals surface area contributed by atoms with Crippen LogP contribution in [0.3, 0.4) is 0 Å². The van der Waals surface area contributed by atoms with Crippen LogP contribution >= 0.6 is 34.5 Å². The Balaban J connectivity index is 1.77. The van der Waals surface area contributed by atoms with E-state index in [9.17, 15) is 14.4 Å². The Bertz CT molecular complexity index is 563. The number of carbonyl (C=O) groups excluding carboxylic acids is 3. The molecule has 4 nitrogen and oxygen atoms in total. The van der Waals surface area contributed by atoms with Gasteiger partial charge in [-0.1, -0.05) is 23.2 Å². The van der Waals surface area contributed by atoms with Crippen LogP contribution in [-0.2, 0) is 9.59 Å². The first-order chi connectivity index (χ1) is 8.49. The molecule has 1 saturated heterocycles. The molecule has 0 aromatic carbocycles. The van der Waals surface area contributed by atoms with Gasteiger partial charge < -0.3 is 0 Å². The van der Waals surface area contributed by atoms with Crippen LogP contribution in [-0.4, -0.2) is 29.0 Å². The van der Waals surface area contributed by atoms with Crippen molar-refractivity contribution in [2.24, 2.45) is 11.8 Å². The molecule has 1 saturated carbocycles. The molecule has 0 N–H and O–H groups in total. The molecule has 18 heavy (non-hydrogen) atoms. The van der Waals surface area contributed by atoms with E-state index < -0.39 is 0 Å². The standard InChI is InChI=1S/C11H7Cl2NO3S/c12-8-2-6(9(13)18-8)7(15)3-14-10(16)4-1-5(4)11(14)17/h2,4-5H,1,3H2. The maximum absolute atomic E-state index is 12.0. The molecule has 1 aliphatic carbocycles. The minimum absolute atomic E-state index is 0.188. The number of likely N-dealkylation sites (tertiary alicyclic amines) is 1. The minimum Gasteiger partial charge on any atom is -0.292 e. The summed E-state index contributed by atoms with van der Waals surface area (Å²) in [4.78, 5) is 36.4. The number of halogens is 2. The third-order valence-corrected chi connectivity index (χ3v) is 4.70. The van der Waals surface area contributed by atoms with Gasteiger partial charge in [0.25, 0.3) is 0 Å². The van der Waals surface area contributed by atoms with Gasteiger partial charge in [0, 0.05) is 0 Å². The average Bonchev–Trinajstić information content (AvgIpc) is 2.98. The fourth-order valence-electron chi connectivity index (χ4n) is 2.16. The number of Topliss-reactive ketones (excluding diaryl/α,β-unsaturated/α-hetero) is 1. The van der Waals surface area contributed by atoms with Crippen LogP contribution in [0.4, 0.5) is 0 Å². The molecule has 7 heteroatoms. The van der Waals surface area contributed by atoms with E-state index in [0.29, 0.717) is 10.8 Å². The SMILES string of the molecule is O=C(CN1C(=O)C2CC2C1=O)c1cc(Cl)sc1Cl. The first kappa shape index (κ1) is 12.1. The Morgan fingerprint density at radius 3 is 2.44 bits per heavy atom. The van der Waals surface area contributed by atoms with Crippen molar-refractivity contribution in [1.29, 1.82) is 0 Å². The lowest BCUT2D eigenvalue weighted by atomic mass is 10.2. The highest BCUT2D eigenvalue weighted by Crippen LogP contribution is 2.47. The van der Waals surface area contributed by atoms with E-state index in [4.69, 9.17) is 23.2 Å². The van der Waals surface area contributed by atoms with Gasteiger partial charge >= 0.3 is 0 Å². The van der Waals surface area contributed by atoms with E-state index in [0.717, 1.165) is 16.2 Å². The highest BCUT2D eigenvalue weighted by Gasteiger charge is 2.59. The van der Waals surface area contributed by atoms with E-state index in [1.807, 2.05) is 0 Å². The van der Waals surface area contributed by atoms with Crippen molar-refractivity contribution in [1.82, 2.24) is 4.90 Å². The van der Waals surface area contributed by atoms with E-state index in [1.165, 1.54) is 6.07 Å². The number of carbonyl (C=O) groups is 3. The third-order valence-electron chi connectivity index (χ3n) is 3.22. The van der Waals surface area contributed by atoms with Gasteiger partial charge in [0.15, 0.2) is 5.78 Å². The first-order valence-electron chi connectivity index (χ1n) is 5.32. The summed E-state index contributed by atoms with van der Waals surface area (Å²) < 4.78 is 0.694. The van der Waals surface area contributed by atoms with E-state index in [1.54, 1.807) is 0 Å². The maximum atomic E-state index is 12.0. The Kier molecular flexibility index (Phi) is 2.73. The van der Waals surface area contributed by atoms with Crippen LogP contribution in [0.2, 0.25) is 8.67 Å². The van der Waals surface area contributed by atoms with Crippen LogP contribution in [0.5, 0.6) is 0 Å². The molecule has 2 fully saturated rings. The molecule has 1 aromatic rings. The van der Waals surface area contributed by atoms with Gasteiger partial charge in [-0.25, -0.2) is 0 Å². The number of thiophene rings is 1. The molecule has 2 amide bonds. The molecule has 1 aliphatic heterocycles. The molecule has 1 aromatic heterocycles. The average molecular weight is 304 g/mol. The number of hydrogen-bond acceptors (Lipinski definition) is 4. The molecule has 2 heterocycles. The van der Waals surface area contributed by atoms with E-state index >= 15 is 0 Å². The summed E-state index contributed by atoms with van der Waals surface area (Å²) in [5.74, 6) is -1.21. The van der Waals surface area contributed by atoms with Gasteiger partial charge in [-0.15, -0.1) is 11.3 Å². The molecule has 2 atom stereocenters. The summed E-state index contributed by atoms with van der Waals surface area (Å²) in [6.45, 7) is -0.239. The van der Waals surface area contributed by atoms with Gasteiger partial charge in [0.05, 0.1) is 28.3 Å². The predicted molar refractivity (Wildman–Crippen MR) is 67.0 cm³/mol.